The van der Waals surface area contributed by atoms with E-state index in [1.54, 1.807) is 6.20 Å². The maximum Gasteiger partial charge on any atom is 0.320 e. The number of hydrogen-bond acceptors (Lipinski definition) is 5. The van der Waals surface area contributed by atoms with E-state index in [0.717, 1.165) is 24.1 Å². The average molecular weight is 333 g/mol. The summed E-state index contributed by atoms with van der Waals surface area (Å²) in [5.41, 5.74) is 0.726. The van der Waals surface area contributed by atoms with Crippen molar-refractivity contribution in [1.29, 1.82) is 0 Å². The largest absolute Gasteiger partial charge is 0.338 e. The predicted molar refractivity (Wildman–Crippen MR) is 95.0 cm³/mol. The average Bonchev–Trinajstić information content (AvgIpc) is 2.91. The molecule has 0 unspecified atom stereocenters. The third-order valence-corrected chi connectivity index (χ3v) is 3.90. The van der Waals surface area contributed by atoms with E-state index in [1.807, 2.05) is 11.6 Å². The Balaban J connectivity index is 2.17. The van der Waals surface area contributed by atoms with Crippen molar-refractivity contribution >= 4 is 22.9 Å². The summed E-state index contributed by atoms with van der Waals surface area (Å²) in [5, 5.41) is 10.6. The normalized spacial score (nSPS) is 11.7. The Labute approximate surface area is 142 Å². The molecule has 8 heteroatoms. The Hall–Kier alpha value is -2.22. The van der Waals surface area contributed by atoms with E-state index in [1.165, 1.54) is 6.33 Å². The lowest BCUT2D eigenvalue weighted by atomic mass is 10.2. The second-order valence-corrected chi connectivity index (χ2v) is 6.24. The summed E-state index contributed by atoms with van der Waals surface area (Å²) >= 11 is 0. The van der Waals surface area contributed by atoms with Gasteiger partial charge in [-0.3, -0.25) is 10.2 Å². The molecule has 2 aromatic rings. The van der Waals surface area contributed by atoms with Crippen molar-refractivity contribution in [3.8, 4) is 0 Å². The van der Waals surface area contributed by atoms with Crippen molar-refractivity contribution in [2.45, 2.75) is 53.2 Å². The van der Waals surface area contributed by atoms with Gasteiger partial charge in [-0.1, -0.05) is 0 Å². The number of amides is 2. The van der Waals surface area contributed by atoms with E-state index in [0.29, 0.717) is 24.4 Å². The molecule has 0 aliphatic heterocycles. The molecule has 0 spiro atoms. The Bertz CT molecular complexity index is 672. The molecule has 2 rings (SSSR count). The standard InChI is InChI=1S/C16H27N7O/c1-6-17-16(24)21-14-13-9-20-23(15(13)19-10-18-14)8-7-22(11(2)3)12(4)5/h9-12H,6-8H2,1-5H3,(H2,17,18,19,21,24). The molecule has 0 saturated carbocycles. The van der Waals surface area contributed by atoms with E-state index in [4.69, 9.17) is 0 Å². The van der Waals surface area contributed by atoms with Gasteiger partial charge in [0, 0.05) is 25.2 Å². The molecule has 0 saturated heterocycles. The van der Waals surface area contributed by atoms with E-state index in [9.17, 15) is 4.79 Å². The number of carbonyl (C=O) groups is 1. The first-order chi connectivity index (χ1) is 11.4. The van der Waals surface area contributed by atoms with Crippen LogP contribution in [0.2, 0.25) is 0 Å². The first-order valence-corrected chi connectivity index (χ1v) is 8.41. The molecule has 8 nitrogen and oxygen atoms in total. The zero-order chi connectivity index (χ0) is 17.7. The molecule has 0 aliphatic carbocycles. The van der Waals surface area contributed by atoms with Crippen LogP contribution in [0.4, 0.5) is 10.6 Å². The number of aromatic nitrogens is 4. The summed E-state index contributed by atoms with van der Waals surface area (Å²) in [6, 6.07) is 0.656. The third kappa shape index (κ3) is 4.19. The van der Waals surface area contributed by atoms with Gasteiger partial charge in [-0.25, -0.2) is 19.4 Å². The molecule has 2 aromatic heterocycles. The minimum atomic E-state index is -0.281. The maximum absolute atomic E-state index is 11.7. The summed E-state index contributed by atoms with van der Waals surface area (Å²) in [6.07, 6.45) is 3.15. The van der Waals surface area contributed by atoms with Gasteiger partial charge < -0.3 is 5.32 Å². The van der Waals surface area contributed by atoms with Gasteiger partial charge in [-0.05, 0) is 34.6 Å². The molecule has 0 aromatic carbocycles. The monoisotopic (exact) mass is 333 g/mol. The van der Waals surface area contributed by atoms with Crippen molar-refractivity contribution in [3.05, 3.63) is 12.5 Å². The maximum atomic E-state index is 11.7. The van der Waals surface area contributed by atoms with Crippen molar-refractivity contribution in [1.82, 2.24) is 30.0 Å². The van der Waals surface area contributed by atoms with Crippen molar-refractivity contribution < 1.29 is 4.79 Å². The van der Waals surface area contributed by atoms with Crippen LogP contribution in [0.1, 0.15) is 34.6 Å². The second kappa shape index (κ2) is 8.05. The summed E-state index contributed by atoms with van der Waals surface area (Å²) in [6.45, 7) is 12.8. The van der Waals surface area contributed by atoms with Crippen LogP contribution in [0.5, 0.6) is 0 Å². The molecule has 2 amide bonds. The summed E-state index contributed by atoms with van der Waals surface area (Å²) < 4.78 is 1.86. The Morgan fingerprint density at radius 1 is 1.25 bits per heavy atom. The predicted octanol–water partition coefficient (Wildman–Crippen LogP) is 2.09. The topological polar surface area (TPSA) is 88.0 Å². The highest BCUT2D eigenvalue weighted by Crippen LogP contribution is 2.18. The lowest BCUT2D eigenvalue weighted by Gasteiger charge is -2.30. The van der Waals surface area contributed by atoms with Crippen LogP contribution < -0.4 is 10.6 Å². The molecule has 0 bridgehead atoms. The molecule has 0 radical (unpaired) electrons. The summed E-state index contributed by atoms with van der Waals surface area (Å²) in [7, 11) is 0. The first-order valence-electron chi connectivity index (χ1n) is 8.41. The number of anilines is 1. The molecule has 132 valence electrons. The zero-order valence-corrected chi connectivity index (χ0v) is 15.1. The number of rotatable bonds is 7. The minimum absolute atomic E-state index is 0.281. The van der Waals surface area contributed by atoms with E-state index in [2.05, 4.69) is 58.3 Å². The second-order valence-electron chi connectivity index (χ2n) is 6.24. The van der Waals surface area contributed by atoms with Gasteiger partial charge in [0.15, 0.2) is 5.65 Å². The Kier molecular flexibility index (Phi) is 6.08. The van der Waals surface area contributed by atoms with E-state index >= 15 is 0 Å². The third-order valence-electron chi connectivity index (χ3n) is 3.90. The summed E-state index contributed by atoms with van der Waals surface area (Å²) in [4.78, 5) is 22.6. The molecule has 2 N–H and O–H groups in total. The highest BCUT2D eigenvalue weighted by Gasteiger charge is 2.15. The number of hydrogen-bond donors (Lipinski definition) is 2. The summed E-state index contributed by atoms with van der Waals surface area (Å²) in [5.74, 6) is 0.474. The highest BCUT2D eigenvalue weighted by molar-refractivity contribution is 5.97. The number of fused-ring (bicyclic) bond motifs is 1. The van der Waals surface area contributed by atoms with E-state index in [-0.39, 0.29) is 6.03 Å². The van der Waals surface area contributed by atoms with Crippen LogP contribution in [0.15, 0.2) is 12.5 Å². The fourth-order valence-electron chi connectivity index (χ4n) is 2.79. The van der Waals surface area contributed by atoms with Crippen LogP contribution >= 0.6 is 0 Å². The van der Waals surface area contributed by atoms with E-state index < -0.39 is 0 Å². The molecular weight excluding hydrogens is 306 g/mol. The molecule has 0 fully saturated rings. The van der Waals surface area contributed by atoms with Crippen LogP contribution in [-0.2, 0) is 6.54 Å². The van der Waals surface area contributed by atoms with Gasteiger partial charge in [0.25, 0.3) is 0 Å². The Morgan fingerprint density at radius 3 is 2.58 bits per heavy atom. The van der Waals surface area contributed by atoms with Crippen LogP contribution in [-0.4, -0.2) is 55.9 Å². The lowest BCUT2D eigenvalue weighted by Crippen LogP contribution is -2.39. The SMILES string of the molecule is CCNC(=O)Nc1ncnc2c1cnn2CCN(C(C)C)C(C)C. The van der Waals surface area contributed by atoms with Gasteiger partial charge in [0.1, 0.15) is 12.1 Å². The van der Waals surface area contributed by atoms with Gasteiger partial charge in [-0.15, -0.1) is 0 Å². The first kappa shape index (κ1) is 18.1. The van der Waals surface area contributed by atoms with Crippen molar-refractivity contribution in [3.63, 3.8) is 0 Å². The molecule has 24 heavy (non-hydrogen) atoms. The fraction of sp³-hybridized carbons (Fsp3) is 0.625. The number of nitrogens with zero attached hydrogens (tertiary/aromatic N) is 5. The van der Waals surface area contributed by atoms with Gasteiger partial charge >= 0.3 is 6.03 Å². The number of carbonyl (C=O) groups excluding carboxylic acids is 1. The van der Waals surface area contributed by atoms with Crippen LogP contribution in [0.25, 0.3) is 11.0 Å². The quantitative estimate of drug-likeness (QED) is 0.810. The molecule has 2 heterocycles. The molecule has 0 aliphatic rings. The fourth-order valence-corrected chi connectivity index (χ4v) is 2.79. The van der Waals surface area contributed by atoms with Crippen molar-refractivity contribution in [2.24, 2.45) is 0 Å². The number of nitrogens with one attached hydrogen (secondary N) is 2. The highest BCUT2D eigenvalue weighted by atomic mass is 16.2. The smallest absolute Gasteiger partial charge is 0.320 e. The molecular formula is C16H27N7O. The van der Waals surface area contributed by atoms with Gasteiger partial charge in [-0.2, -0.15) is 5.10 Å². The Morgan fingerprint density at radius 2 is 1.96 bits per heavy atom. The zero-order valence-electron chi connectivity index (χ0n) is 15.1. The number of urea groups is 1. The minimum Gasteiger partial charge on any atom is -0.338 e. The van der Waals surface area contributed by atoms with Gasteiger partial charge in [0.2, 0.25) is 0 Å². The van der Waals surface area contributed by atoms with Crippen LogP contribution in [0.3, 0.4) is 0 Å². The van der Waals surface area contributed by atoms with Crippen LogP contribution in [0, 0.1) is 0 Å². The lowest BCUT2D eigenvalue weighted by molar-refractivity contribution is 0.167. The van der Waals surface area contributed by atoms with Crippen molar-refractivity contribution in [2.75, 3.05) is 18.4 Å². The molecule has 0 atom stereocenters. The van der Waals surface area contributed by atoms with Gasteiger partial charge in [0.05, 0.1) is 18.1 Å².